The van der Waals surface area contributed by atoms with Crippen LogP contribution in [-0.2, 0) is 10.0 Å². The van der Waals surface area contributed by atoms with E-state index in [4.69, 9.17) is 5.73 Å². The third-order valence-corrected chi connectivity index (χ3v) is 7.00. The zero-order valence-electron chi connectivity index (χ0n) is 17.3. The van der Waals surface area contributed by atoms with Gasteiger partial charge in [0.25, 0.3) is 15.9 Å². The number of carbonyl (C=O) groups is 1. The van der Waals surface area contributed by atoms with Crippen LogP contribution in [0.3, 0.4) is 0 Å². The average Bonchev–Trinajstić information content (AvgIpc) is 3.05. The number of sulfonamides is 1. The highest BCUT2D eigenvalue weighted by atomic mass is 32.2. The molecule has 1 fully saturated rings. The molecule has 1 amide bonds. The summed E-state index contributed by atoms with van der Waals surface area (Å²) in [7, 11) is -3.58. The van der Waals surface area contributed by atoms with Crippen LogP contribution in [0.1, 0.15) is 28.8 Å². The van der Waals surface area contributed by atoms with Crippen molar-refractivity contribution in [3.8, 4) is 0 Å². The Morgan fingerprint density at radius 2 is 1.71 bits per heavy atom. The molecule has 2 aromatic carbocycles. The van der Waals surface area contributed by atoms with Crippen LogP contribution in [0.5, 0.6) is 0 Å². The molecule has 0 unspecified atom stereocenters. The van der Waals surface area contributed by atoms with Crippen LogP contribution in [0.15, 0.2) is 57.8 Å². The molecule has 0 aliphatic carbocycles. The first-order valence-electron chi connectivity index (χ1n) is 10.5. The number of amidine groups is 1. The lowest BCUT2D eigenvalue weighted by molar-refractivity contribution is 0.0953. The van der Waals surface area contributed by atoms with Crippen molar-refractivity contribution in [1.29, 1.82) is 0 Å². The molecule has 2 aliphatic heterocycles. The number of nitrogen functional groups attached to an aromatic ring is 1. The van der Waals surface area contributed by atoms with E-state index < -0.39 is 10.0 Å². The van der Waals surface area contributed by atoms with Gasteiger partial charge < -0.3 is 16.0 Å². The quantitative estimate of drug-likeness (QED) is 0.520. The molecule has 4 rings (SSSR count). The van der Waals surface area contributed by atoms with Crippen LogP contribution in [0, 0.1) is 0 Å². The molecule has 0 radical (unpaired) electrons. The number of nitrogens with one attached hydrogen (secondary N) is 1. The minimum Gasteiger partial charge on any atom is -0.398 e. The van der Waals surface area contributed by atoms with Crippen LogP contribution < -0.4 is 11.1 Å². The number of benzene rings is 2. The second-order valence-corrected chi connectivity index (χ2v) is 9.34. The smallest absolute Gasteiger partial charge is 0.285 e. The minimum atomic E-state index is -3.58. The fraction of sp³-hybridized carbons (Fsp3) is 0.364. The largest absolute Gasteiger partial charge is 0.398 e. The Kier molecular flexibility index (Phi) is 6.24. The van der Waals surface area contributed by atoms with Crippen LogP contribution in [0.25, 0.3) is 0 Å². The number of carbonyl (C=O) groups excluding carboxylic acids is 1. The van der Waals surface area contributed by atoms with Crippen molar-refractivity contribution in [2.75, 3.05) is 45.0 Å². The number of rotatable bonds is 6. The number of hydrogen-bond donors (Lipinski definition) is 2. The van der Waals surface area contributed by atoms with Crippen molar-refractivity contribution in [3.63, 3.8) is 0 Å². The maximum atomic E-state index is 12.3. The van der Waals surface area contributed by atoms with Crippen LogP contribution >= 0.6 is 0 Å². The topological polar surface area (TPSA) is 108 Å². The molecule has 31 heavy (non-hydrogen) atoms. The van der Waals surface area contributed by atoms with Crippen LogP contribution in [-0.4, -0.2) is 69.2 Å². The fourth-order valence-corrected chi connectivity index (χ4v) is 5.19. The van der Waals surface area contributed by atoms with Gasteiger partial charge in [0.15, 0.2) is 5.84 Å². The number of unbranched alkanes of at least 4 members (excludes halogenated alkanes) is 1. The Hall–Kier alpha value is -2.91. The van der Waals surface area contributed by atoms with E-state index in [0.29, 0.717) is 34.1 Å². The van der Waals surface area contributed by atoms with E-state index in [1.54, 1.807) is 30.3 Å². The number of piperazine rings is 1. The lowest BCUT2D eigenvalue weighted by Crippen LogP contribution is -2.48. The summed E-state index contributed by atoms with van der Waals surface area (Å²) in [6.45, 7) is 4.75. The summed E-state index contributed by atoms with van der Waals surface area (Å²) < 4.78 is 28.6. The van der Waals surface area contributed by atoms with Crippen molar-refractivity contribution < 1.29 is 13.2 Å². The Morgan fingerprint density at radius 3 is 2.48 bits per heavy atom. The SMILES string of the molecule is Nc1ccccc1C(=O)NCCCCN1CCN(C2=NS(=O)(=O)c3ccccc32)CC1. The number of amides is 1. The third kappa shape index (κ3) is 4.72. The van der Waals surface area contributed by atoms with E-state index in [9.17, 15) is 13.2 Å². The van der Waals surface area contributed by atoms with Crippen molar-refractivity contribution >= 4 is 27.5 Å². The highest BCUT2D eigenvalue weighted by Crippen LogP contribution is 2.27. The molecule has 0 atom stereocenters. The number of anilines is 1. The first-order valence-corrected chi connectivity index (χ1v) is 11.9. The molecule has 8 nitrogen and oxygen atoms in total. The molecule has 2 heterocycles. The van der Waals surface area contributed by atoms with Gasteiger partial charge in [0.05, 0.1) is 5.56 Å². The zero-order chi connectivity index (χ0) is 21.8. The zero-order valence-corrected chi connectivity index (χ0v) is 18.1. The van der Waals surface area contributed by atoms with Gasteiger partial charge in [-0.1, -0.05) is 24.3 Å². The molecular formula is C22H27N5O3S. The second kappa shape index (κ2) is 9.07. The van der Waals surface area contributed by atoms with E-state index in [0.717, 1.165) is 45.6 Å². The van der Waals surface area contributed by atoms with Gasteiger partial charge >= 0.3 is 0 Å². The van der Waals surface area contributed by atoms with Gasteiger partial charge in [-0.25, -0.2) is 0 Å². The van der Waals surface area contributed by atoms with Gasteiger partial charge in [0.1, 0.15) is 4.90 Å². The van der Waals surface area contributed by atoms with E-state index in [2.05, 4.69) is 19.5 Å². The van der Waals surface area contributed by atoms with E-state index in [1.165, 1.54) is 0 Å². The molecule has 2 aromatic rings. The van der Waals surface area contributed by atoms with Crippen molar-refractivity contribution in [1.82, 2.24) is 15.1 Å². The summed E-state index contributed by atoms with van der Waals surface area (Å²) in [6, 6.07) is 14.1. The summed E-state index contributed by atoms with van der Waals surface area (Å²) in [4.78, 5) is 16.9. The Morgan fingerprint density at radius 1 is 1.00 bits per heavy atom. The maximum Gasteiger partial charge on any atom is 0.285 e. The van der Waals surface area contributed by atoms with Gasteiger partial charge in [0.2, 0.25) is 0 Å². The number of nitrogens with zero attached hydrogens (tertiary/aromatic N) is 3. The summed E-state index contributed by atoms with van der Waals surface area (Å²) in [5.41, 5.74) is 7.53. The predicted molar refractivity (Wildman–Crippen MR) is 121 cm³/mol. The van der Waals surface area contributed by atoms with Crippen LogP contribution in [0.2, 0.25) is 0 Å². The van der Waals surface area contributed by atoms with Crippen molar-refractivity contribution in [2.45, 2.75) is 17.7 Å². The third-order valence-electron chi connectivity index (χ3n) is 5.68. The summed E-state index contributed by atoms with van der Waals surface area (Å²) in [5.74, 6) is 0.428. The maximum absolute atomic E-state index is 12.3. The summed E-state index contributed by atoms with van der Waals surface area (Å²) >= 11 is 0. The molecule has 0 bridgehead atoms. The van der Waals surface area contributed by atoms with Gasteiger partial charge in [-0.05, 0) is 43.7 Å². The van der Waals surface area contributed by atoms with Gasteiger partial charge in [0, 0.05) is 44.0 Å². The van der Waals surface area contributed by atoms with Crippen molar-refractivity contribution in [3.05, 3.63) is 59.7 Å². The highest BCUT2D eigenvalue weighted by molar-refractivity contribution is 7.90. The number of hydrogen-bond acceptors (Lipinski definition) is 6. The molecule has 2 aliphatic rings. The van der Waals surface area contributed by atoms with E-state index in [-0.39, 0.29) is 5.91 Å². The molecule has 0 spiro atoms. The normalized spacial score (nSPS) is 17.8. The van der Waals surface area contributed by atoms with Crippen molar-refractivity contribution in [2.24, 2.45) is 4.40 Å². The summed E-state index contributed by atoms with van der Waals surface area (Å²) in [5, 5.41) is 2.92. The molecule has 0 aromatic heterocycles. The standard InChI is InChI=1S/C22H27N5O3S/c23-19-9-3-1-7-17(19)22(28)24-11-5-6-12-26-13-15-27(16-14-26)21-18-8-2-4-10-20(18)31(29,30)25-21/h1-4,7-10H,5-6,11-16,23H2,(H,24,28). The lowest BCUT2D eigenvalue weighted by Gasteiger charge is -2.35. The lowest BCUT2D eigenvalue weighted by atomic mass is 10.1. The molecule has 3 N–H and O–H groups in total. The first-order chi connectivity index (χ1) is 15.0. The molecule has 0 saturated carbocycles. The first kappa shape index (κ1) is 21.3. The average molecular weight is 442 g/mol. The van der Waals surface area contributed by atoms with E-state index >= 15 is 0 Å². The second-order valence-electron chi connectivity index (χ2n) is 7.77. The van der Waals surface area contributed by atoms with Gasteiger partial charge in [-0.3, -0.25) is 9.69 Å². The molecule has 1 saturated heterocycles. The van der Waals surface area contributed by atoms with Crippen LogP contribution in [0.4, 0.5) is 5.69 Å². The monoisotopic (exact) mass is 441 g/mol. The molecule has 9 heteroatoms. The number of para-hydroxylation sites is 1. The Balaban J connectivity index is 1.19. The number of fused-ring (bicyclic) bond motifs is 1. The van der Waals surface area contributed by atoms with E-state index in [1.807, 2.05) is 18.2 Å². The molecule has 164 valence electrons. The molecular weight excluding hydrogens is 414 g/mol. The predicted octanol–water partition coefficient (Wildman–Crippen LogP) is 1.55. The van der Waals surface area contributed by atoms with Gasteiger partial charge in [-0.15, -0.1) is 4.40 Å². The summed E-state index contributed by atoms with van der Waals surface area (Å²) in [6.07, 6.45) is 1.86. The Bertz CT molecular complexity index is 1090. The minimum absolute atomic E-state index is 0.140. The highest BCUT2D eigenvalue weighted by Gasteiger charge is 2.32. The Labute approximate surface area is 182 Å². The number of nitrogens with two attached hydrogens (primary N) is 1. The fourth-order valence-electron chi connectivity index (χ4n) is 3.96. The van der Waals surface area contributed by atoms with Gasteiger partial charge in [-0.2, -0.15) is 8.42 Å².